The van der Waals surface area contributed by atoms with Crippen molar-refractivity contribution in [2.24, 2.45) is 0 Å². The van der Waals surface area contributed by atoms with E-state index < -0.39 is 5.60 Å². The number of nitrogens with zero attached hydrogens (tertiary/aromatic N) is 1. The largest absolute Gasteiger partial charge is 0.381 e. The first-order valence-electron chi connectivity index (χ1n) is 5.53. The van der Waals surface area contributed by atoms with Crippen LogP contribution >= 0.6 is 15.9 Å². The van der Waals surface area contributed by atoms with Crippen molar-refractivity contribution in [3.8, 4) is 0 Å². The molecule has 3 nitrogen and oxygen atoms in total. The van der Waals surface area contributed by atoms with Gasteiger partial charge in [0, 0.05) is 18.1 Å². The molecule has 1 N–H and O–H groups in total. The summed E-state index contributed by atoms with van der Waals surface area (Å²) in [6, 6.07) is 8.00. The Morgan fingerprint density at radius 1 is 1.35 bits per heavy atom. The van der Waals surface area contributed by atoms with Crippen molar-refractivity contribution in [2.45, 2.75) is 25.9 Å². The monoisotopic (exact) mass is 299 g/mol. The van der Waals surface area contributed by atoms with Crippen LogP contribution in [0.3, 0.4) is 0 Å². The predicted molar refractivity (Wildman–Crippen MR) is 71.8 cm³/mol. The molecule has 1 rings (SSSR count). The number of hydrogen-bond donors (Lipinski definition) is 1. The molecule has 0 bridgehead atoms. The van der Waals surface area contributed by atoms with E-state index in [2.05, 4.69) is 15.9 Å². The second-order valence-electron chi connectivity index (χ2n) is 4.66. The molecule has 1 amide bonds. The van der Waals surface area contributed by atoms with E-state index in [0.717, 1.165) is 10.9 Å². The first kappa shape index (κ1) is 14.2. The van der Waals surface area contributed by atoms with Crippen LogP contribution in [0.2, 0.25) is 0 Å². The summed E-state index contributed by atoms with van der Waals surface area (Å²) in [5.41, 5.74) is -0.127. The molecular weight excluding hydrogens is 282 g/mol. The SMILES string of the molecule is CN(CCc1ccc(Br)cc1)C(=O)C(C)(C)O. The number of carbonyl (C=O) groups is 1. The molecule has 1 aromatic rings. The smallest absolute Gasteiger partial charge is 0.253 e. The third-order valence-corrected chi connectivity index (χ3v) is 3.05. The lowest BCUT2D eigenvalue weighted by Gasteiger charge is -2.24. The van der Waals surface area contributed by atoms with Gasteiger partial charge in [0.25, 0.3) is 5.91 Å². The zero-order chi connectivity index (χ0) is 13.1. The molecular formula is C13H18BrNO2. The molecule has 0 heterocycles. The third-order valence-electron chi connectivity index (χ3n) is 2.52. The van der Waals surface area contributed by atoms with E-state index in [9.17, 15) is 9.90 Å². The number of halogens is 1. The first-order chi connectivity index (χ1) is 7.80. The van der Waals surface area contributed by atoms with Crippen LogP contribution in [-0.2, 0) is 11.2 Å². The summed E-state index contributed by atoms with van der Waals surface area (Å²) in [5, 5.41) is 9.59. The Labute approximate surface area is 111 Å². The summed E-state index contributed by atoms with van der Waals surface area (Å²) in [6.07, 6.45) is 0.783. The van der Waals surface area contributed by atoms with Gasteiger partial charge in [0.2, 0.25) is 0 Å². The van der Waals surface area contributed by atoms with Gasteiger partial charge >= 0.3 is 0 Å². The Kier molecular flexibility index (Phi) is 4.71. The zero-order valence-corrected chi connectivity index (χ0v) is 12.0. The van der Waals surface area contributed by atoms with E-state index in [0.29, 0.717) is 6.54 Å². The number of hydrogen-bond acceptors (Lipinski definition) is 2. The minimum absolute atomic E-state index is 0.255. The van der Waals surface area contributed by atoms with E-state index in [1.165, 1.54) is 19.4 Å². The van der Waals surface area contributed by atoms with E-state index in [1.54, 1.807) is 11.9 Å². The summed E-state index contributed by atoms with van der Waals surface area (Å²) in [5.74, 6) is -0.255. The fourth-order valence-corrected chi connectivity index (χ4v) is 1.78. The molecule has 0 aliphatic heterocycles. The van der Waals surface area contributed by atoms with Crippen LogP contribution in [0.25, 0.3) is 0 Å². The van der Waals surface area contributed by atoms with Gasteiger partial charge in [-0.15, -0.1) is 0 Å². The molecule has 0 unspecified atom stereocenters. The molecule has 17 heavy (non-hydrogen) atoms. The highest BCUT2D eigenvalue weighted by Crippen LogP contribution is 2.12. The van der Waals surface area contributed by atoms with Crippen LogP contribution in [0, 0.1) is 0 Å². The second kappa shape index (κ2) is 5.65. The molecule has 0 aliphatic carbocycles. The lowest BCUT2D eigenvalue weighted by Crippen LogP contribution is -2.43. The predicted octanol–water partition coefficient (Wildman–Crippen LogP) is 2.22. The molecule has 94 valence electrons. The van der Waals surface area contributed by atoms with Crippen LogP contribution in [0.1, 0.15) is 19.4 Å². The van der Waals surface area contributed by atoms with Crippen LogP contribution in [0.15, 0.2) is 28.7 Å². The summed E-state index contributed by atoms with van der Waals surface area (Å²) >= 11 is 3.38. The van der Waals surface area contributed by atoms with Gasteiger partial charge in [0.1, 0.15) is 5.60 Å². The van der Waals surface area contributed by atoms with Crippen LogP contribution in [-0.4, -0.2) is 35.1 Å². The summed E-state index contributed by atoms with van der Waals surface area (Å²) in [4.78, 5) is 13.3. The Morgan fingerprint density at radius 3 is 2.35 bits per heavy atom. The molecule has 0 aromatic heterocycles. The van der Waals surface area contributed by atoms with Gasteiger partial charge in [-0.2, -0.15) is 0 Å². The highest BCUT2D eigenvalue weighted by molar-refractivity contribution is 9.10. The maximum absolute atomic E-state index is 11.7. The van der Waals surface area contributed by atoms with Gasteiger partial charge < -0.3 is 10.0 Å². The van der Waals surface area contributed by atoms with Crippen LogP contribution in [0.5, 0.6) is 0 Å². The van der Waals surface area contributed by atoms with E-state index in [-0.39, 0.29) is 5.91 Å². The van der Waals surface area contributed by atoms with Gasteiger partial charge in [0.05, 0.1) is 0 Å². The molecule has 0 spiro atoms. The second-order valence-corrected chi connectivity index (χ2v) is 5.58. The summed E-state index contributed by atoms with van der Waals surface area (Å²) in [7, 11) is 1.71. The van der Waals surface area contributed by atoms with Crippen molar-refractivity contribution in [3.63, 3.8) is 0 Å². The minimum atomic E-state index is -1.30. The molecule has 0 saturated heterocycles. The lowest BCUT2D eigenvalue weighted by molar-refractivity contribution is -0.146. The minimum Gasteiger partial charge on any atom is -0.381 e. The number of rotatable bonds is 4. The average molecular weight is 300 g/mol. The summed E-state index contributed by atoms with van der Waals surface area (Å²) in [6.45, 7) is 3.61. The van der Waals surface area contributed by atoms with Gasteiger partial charge in [-0.1, -0.05) is 28.1 Å². The van der Waals surface area contributed by atoms with Crippen molar-refractivity contribution >= 4 is 21.8 Å². The average Bonchev–Trinajstić information content (AvgIpc) is 2.25. The van der Waals surface area contributed by atoms with E-state index >= 15 is 0 Å². The molecule has 4 heteroatoms. The standard InChI is InChI=1S/C13H18BrNO2/c1-13(2,17)12(16)15(3)9-8-10-4-6-11(14)7-5-10/h4-7,17H,8-9H2,1-3H3. The lowest BCUT2D eigenvalue weighted by atomic mass is 10.1. The fraction of sp³-hybridized carbons (Fsp3) is 0.462. The van der Waals surface area contributed by atoms with Crippen LogP contribution < -0.4 is 0 Å². The van der Waals surface area contributed by atoms with E-state index in [1.807, 2.05) is 24.3 Å². The topological polar surface area (TPSA) is 40.5 Å². The fourth-order valence-electron chi connectivity index (χ4n) is 1.52. The van der Waals surface area contributed by atoms with Gasteiger partial charge in [-0.3, -0.25) is 4.79 Å². The number of likely N-dealkylation sites (N-methyl/N-ethyl adjacent to an activating group) is 1. The number of carbonyl (C=O) groups excluding carboxylic acids is 1. The number of benzene rings is 1. The highest BCUT2D eigenvalue weighted by atomic mass is 79.9. The van der Waals surface area contributed by atoms with Gasteiger partial charge in [-0.05, 0) is 38.0 Å². The Morgan fingerprint density at radius 2 is 1.88 bits per heavy atom. The molecule has 0 aliphatic rings. The van der Waals surface area contributed by atoms with E-state index in [4.69, 9.17) is 0 Å². The highest BCUT2D eigenvalue weighted by Gasteiger charge is 2.26. The molecule has 0 fully saturated rings. The third kappa shape index (κ3) is 4.48. The summed E-state index contributed by atoms with van der Waals surface area (Å²) < 4.78 is 1.04. The molecule has 0 saturated carbocycles. The van der Waals surface area contributed by atoms with Crippen molar-refractivity contribution < 1.29 is 9.90 Å². The molecule has 0 radical (unpaired) electrons. The Bertz CT molecular complexity index is 381. The normalized spacial score (nSPS) is 11.4. The first-order valence-corrected chi connectivity index (χ1v) is 6.32. The number of aliphatic hydroxyl groups is 1. The molecule has 1 aromatic carbocycles. The maximum atomic E-state index is 11.7. The van der Waals surface area contributed by atoms with Crippen molar-refractivity contribution in [2.75, 3.05) is 13.6 Å². The van der Waals surface area contributed by atoms with Crippen molar-refractivity contribution in [3.05, 3.63) is 34.3 Å². The van der Waals surface area contributed by atoms with Gasteiger partial charge in [-0.25, -0.2) is 0 Å². The zero-order valence-electron chi connectivity index (χ0n) is 10.4. The Balaban J connectivity index is 2.51. The molecule has 0 atom stereocenters. The van der Waals surface area contributed by atoms with Crippen molar-refractivity contribution in [1.29, 1.82) is 0 Å². The van der Waals surface area contributed by atoms with Crippen LogP contribution in [0.4, 0.5) is 0 Å². The maximum Gasteiger partial charge on any atom is 0.253 e. The number of amides is 1. The van der Waals surface area contributed by atoms with Gasteiger partial charge in [0.15, 0.2) is 0 Å². The quantitative estimate of drug-likeness (QED) is 0.926. The Hall–Kier alpha value is -0.870. The van der Waals surface area contributed by atoms with Crippen molar-refractivity contribution in [1.82, 2.24) is 4.90 Å².